The Morgan fingerprint density at radius 1 is 1.04 bits per heavy atom. The number of carbonyl (C=O) groups excluding carboxylic acids is 1. The summed E-state index contributed by atoms with van der Waals surface area (Å²) < 4.78 is 4.95. The van der Waals surface area contributed by atoms with E-state index in [9.17, 15) is 4.79 Å². The fourth-order valence-electron chi connectivity index (χ4n) is 2.70. The highest BCUT2D eigenvalue weighted by molar-refractivity contribution is 6.03. The first-order chi connectivity index (χ1) is 13.1. The number of rotatable bonds is 4. The number of aromatic nitrogens is 4. The normalized spacial score (nSPS) is 10.7. The molecule has 8 heteroatoms. The van der Waals surface area contributed by atoms with Gasteiger partial charge in [-0.2, -0.15) is 0 Å². The summed E-state index contributed by atoms with van der Waals surface area (Å²) in [6, 6.07) is 12.9. The Bertz CT molecular complexity index is 1130. The van der Waals surface area contributed by atoms with Crippen LogP contribution in [0.3, 0.4) is 0 Å². The lowest BCUT2D eigenvalue weighted by Gasteiger charge is -2.10. The van der Waals surface area contributed by atoms with Gasteiger partial charge in [-0.1, -0.05) is 23.4 Å². The summed E-state index contributed by atoms with van der Waals surface area (Å²) in [7, 11) is 0. The highest BCUT2D eigenvalue weighted by Crippen LogP contribution is 2.24. The predicted molar refractivity (Wildman–Crippen MR) is 101 cm³/mol. The number of amides is 1. The van der Waals surface area contributed by atoms with Crippen LogP contribution in [0, 0.1) is 13.8 Å². The van der Waals surface area contributed by atoms with Crippen LogP contribution in [-0.4, -0.2) is 26.0 Å². The average molecular weight is 360 g/mol. The zero-order valence-electron chi connectivity index (χ0n) is 14.7. The van der Waals surface area contributed by atoms with Crippen molar-refractivity contribution in [1.29, 1.82) is 0 Å². The minimum Gasteiger partial charge on any atom is -0.360 e. The third-order valence-corrected chi connectivity index (χ3v) is 3.84. The van der Waals surface area contributed by atoms with Gasteiger partial charge in [0.25, 0.3) is 5.91 Å². The number of nitrogens with zero attached hydrogens (tertiary/aromatic N) is 4. The van der Waals surface area contributed by atoms with E-state index in [0.29, 0.717) is 23.2 Å². The van der Waals surface area contributed by atoms with Gasteiger partial charge in [-0.05, 0) is 26.0 Å². The molecule has 0 bridgehead atoms. The molecule has 27 heavy (non-hydrogen) atoms. The molecule has 0 aliphatic heterocycles. The van der Waals surface area contributed by atoms with E-state index in [1.54, 1.807) is 32.2 Å². The second kappa shape index (κ2) is 6.83. The number of nitrogens with one attached hydrogen (secondary N) is 2. The average Bonchev–Trinajstić information content (AvgIpc) is 3.06. The predicted octanol–water partition coefficient (Wildman–Crippen LogP) is 3.63. The van der Waals surface area contributed by atoms with Crippen LogP contribution >= 0.6 is 0 Å². The second-order valence-corrected chi connectivity index (χ2v) is 5.97. The maximum atomic E-state index is 12.5. The molecule has 134 valence electrons. The van der Waals surface area contributed by atoms with E-state index < -0.39 is 5.91 Å². The number of aryl methyl sites for hydroxylation is 2. The second-order valence-electron chi connectivity index (χ2n) is 5.97. The van der Waals surface area contributed by atoms with Gasteiger partial charge in [0.15, 0.2) is 5.82 Å². The van der Waals surface area contributed by atoms with Crippen molar-refractivity contribution in [3.05, 3.63) is 65.9 Å². The standard InChI is InChI=1S/C19H16N6O2/c1-11-9-17(25-27-11)24-19(26)15-10-16(22-12(2)21-15)23-14-7-3-5-13-6-4-8-20-18(13)14/h3-10H,1-2H3,(H,21,22,23)(H,24,25,26). The zero-order valence-corrected chi connectivity index (χ0v) is 14.7. The lowest BCUT2D eigenvalue weighted by Crippen LogP contribution is -2.15. The van der Waals surface area contributed by atoms with Crippen molar-refractivity contribution in [3.63, 3.8) is 0 Å². The molecule has 0 atom stereocenters. The maximum absolute atomic E-state index is 12.5. The molecule has 0 saturated heterocycles. The van der Waals surface area contributed by atoms with Crippen LogP contribution in [0.15, 0.2) is 53.2 Å². The molecule has 8 nitrogen and oxygen atoms in total. The molecule has 4 rings (SSSR count). The van der Waals surface area contributed by atoms with Crippen molar-refractivity contribution in [2.75, 3.05) is 10.6 Å². The Morgan fingerprint density at radius 3 is 2.70 bits per heavy atom. The van der Waals surface area contributed by atoms with Crippen molar-refractivity contribution < 1.29 is 9.32 Å². The van der Waals surface area contributed by atoms with Gasteiger partial charge in [-0.25, -0.2) is 9.97 Å². The molecule has 0 radical (unpaired) electrons. The fraction of sp³-hybridized carbons (Fsp3) is 0.105. The maximum Gasteiger partial charge on any atom is 0.275 e. The smallest absolute Gasteiger partial charge is 0.275 e. The Balaban J connectivity index is 1.63. The third kappa shape index (κ3) is 3.59. The summed E-state index contributed by atoms with van der Waals surface area (Å²) in [6.07, 6.45) is 1.73. The molecule has 0 fully saturated rings. The summed E-state index contributed by atoms with van der Waals surface area (Å²) in [5, 5.41) is 10.6. The summed E-state index contributed by atoms with van der Waals surface area (Å²) >= 11 is 0. The van der Waals surface area contributed by atoms with Gasteiger partial charge in [0, 0.05) is 23.7 Å². The molecule has 0 aliphatic rings. The number of hydrogen-bond donors (Lipinski definition) is 2. The molecule has 1 amide bonds. The van der Waals surface area contributed by atoms with Crippen molar-refractivity contribution in [3.8, 4) is 0 Å². The highest BCUT2D eigenvalue weighted by Gasteiger charge is 2.13. The van der Waals surface area contributed by atoms with Crippen LogP contribution < -0.4 is 10.6 Å². The number of pyridine rings is 1. The van der Waals surface area contributed by atoms with E-state index in [0.717, 1.165) is 16.6 Å². The van der Waals surface area contributed by atoms with Crippen molar-refractivity contribution in [2.24, 2.45) is 0 Å². The number of benzene rings is 1. The number of fused-ring (bicyclic) bond motifs is 1. The Hall–Kier alpha value is -3.81. The third-order valence-electron chi connectivity index (χ3n) is 3.84. The number of carbonyl (C=O) groups is 1. The van der Waals surface area contributed by atoms with Crippen molar-refractivity contribution in [1.82, 2.24) is 20.1 Å². The van der Waals surface area contributed by atoms with E-state index in [1.807, 2.05) is 30.3 Å². The topological polar surface area (TPSA) is 106 Å². The van der Waals surface area contributed by atoms with Gasteiger partial charge >= 0.3 is 0 Å². The molecule has 0 aliphatic carbocycles. The highest BCUT2D eigenvalue weighted by atomic mass is 16.5. The van der Waals surface area contributed by atoms with E-state index in [-0.39, 0.29) is 5.69 Å². The van der Waals surface area contributed by atoms with Gasteiger partial charge in [-0.15, -0.1) is 0 Å². The quantitative estimate of drug-likeness (QED) is 0.572. The molecular weight excluding hydrogens is 344 g/mol. The molecule has 1 aromatic carbocycles. The van der Waals surface area contributed by atoms with Crippen molar-refractivity contribution in [2.45, 2.75) is 13.8 Å². The van der Waals surface area contributed by atoms with Gasteiger partial charge in [-0.3, -0.25) is 9.78 Å². The van der Waals surface area contributed by atoms with Gasteiger partial charge in [0.2, 0.25) is 0 Å². The first kappa shape index (κ1) is 16.6. The number of anilines is 3. The lowest BCUT2D eigenvalue weighted by atomic mass is 10.2. The molecule has 3 heterocycles. The number of para-hydroxylation sites is 1. The lowest BCUT2D eigenvalue weighted by molar-refractivity contribution is 0.102. The molecule has 2 N–H and O–H groups in total. The SMILES string of the molecule is Cc1nc(Nc2cccc3cccnc23)cc(C(=O)Nc2cc(C)on2)n1. The molecular formula is C19H16N6O2. The molecule has 0 spiro atoms. The summed E-state index contributed by atoms with van der Waals surface area (Å²) in [5.74, 6) is 1.52. The van der Waals surface area contributed by atoms with Crippen LogP contribution in [0.4, 0.5) is 17.3 Å². The summed E-state index contributed by atoms with van der Waals surface area (Å²) in [4.78, 5) is 25.4. The fourth-order valence-corrected chi connectivity index (χ4v) is 2.70. The van der Waals surface area contributed by atoms with E-state index in [4.69, 9.17) is 4.52 Å². The van der Waals surface area contributed by atoms with Crippen LogP contribution in [0.2, 0.25) is 0 Å². The van der Waals surface area contributed by atoms with E-state index in [1.165, 1.54) is 0 Å². The van der Waals surface area contributed by atoms with Gasteiger partial charge in [0.05, 0.1) is 11.2 Å². The van der Waals surface area contributed by atoms with Gasteiger partial charge < -0.3 is 15.2 Å². The van der Waals surface area contributed by atoms with Crippen LogP contribution in [-0.2, 0) is 0 Å². The first-order valence-electron chi connectivity index (χ1n) is 8.29. The molecule has 3 aromatic heterocycles. The van der Waals surface area contributed by atoms with E-state index >= 15 is 0 Å². The number of hydrogen-bond acceptors (Lipinski definition) is 7. The minimum absolute atomic E-state index is 0.221. The van der Waals surface area contributed by atoms with Gasteiger partial charge in [0.1, 0.15) is 23.1 Å². The largest absolute Gasteiger partial charge is 0.360 e. The Morgan fingerprint density at radius 2 is 1.89 bits per heavy atom. The van der Waals surface area contributed by atoms with E-state index in [2.05, 4.69) is 30.7 Å². The monoisotopic (exact) mass is 360 g/mol. The summed E-state index contributed by atoms with van der Waals surface area (Å²) in [5.41, 5.74) is 1.84. The zero-order chi connectivity index (χ0) is 18.8. The molecule has 4 aromatic rings. The molecule has 0 unspecified atom stereocenters. The van der Waals surface area contributed by atoms with Crippen LogP contribution in [0.25, 0.3) is 10.9 Å². The minimum atomic E-state index is -0.395. The first-order valence-corrected chi connectivity index (χ1v) is 8.29. The van der Waals surface area contributed by atoms with Crippen LogP contribution in [0.1, 0.15) is 22.1 Å². The Labute approximate surface area is 154 Å². The molecule has 0 saturated carbocycles. The van der Waals surface area contributed by atoms with Crippen LogP contribution in [0.5, 0.6) is 0 Å². The van der Waals surface area contributed by atoms with Crippen molar-refractivity contribution >= 4 is 34.1 Å². The Kier molecular flexibility index (Phi) is 4.21. The summed E-state index contributed by atoms with van der Waals surface area (Å²) in [6.45, 7) is 3.47.